The van der Waals surface area contributed by atoms with E-state index in [1.54, 1.807) is 19.5 Å². The summed E-state index contributed by atoms with van der Waals surface area (Å²) in [5.74, 6) is 0.0809. The second kappa shape index (κ2) is 5.55. The number of ether oxygens (including phenoxy) is 1. The van der Waals surface area contributed by atoms with Crippen molar-refractivity contribution in [1.29, 1.82) is 0 Å². The van der Waals surface area contributed by atoms with E-state index < -0.39 is 5.60 Å². The first kappa shape index (κ1) is 13.3. The lowest BCUT2D eigenvalue weighted by Gasteiger charge is -2.24. The molecule has 0 aromatic carbocycles. The molecular weight excluding hydrogens is 270 g/mol. The molecule has 3 nitrogen and oxygen atoms in total. The Labute approximate surface area is 104 Å². The van der Waals surface area contributed by atoms with Crippen molar-refractivity contribution in [2.75, 3.05) is 7.11 Å². The molecule has 1 rings (SSSR count). The van der Waals surface area contributed by atoms with Gasteiger partial charge in [-0.2, -0.15) is 0 Å². The van der Waals surface area contributed by atoms with E-state index in [4.69, 9.17) is 4.74 Å². The molecule has 0 N–H and O–H groups in total. The van der Waals surface area contributed by atoms with Gasteiger partial charge in [-0.05, 0) is 40.9 Å². The van der Waals surface area contributed by atoms with Crippen LogP contribution in [0.25, 0.3) is 0 Å². The number of aromatic nitrogens is 1. The number of ketones is 1. The van der Waals surface area contributed by atoms with Crippen LogP contribution in [-0.2, 0) is 16.0 Å². The van der Waals surface area contributed by atoms with Crippen LogP contribution in [0.2, 0.25) is 0 Å². The van der Waals surface area contributed by atoms with E-state index in [0.29, 0.717) is 12.8 Å². The predicted octanol–water partition coefficient (Wildman–Crippen LogP) is 2.77. The van der Waals surface area contributed by atoms with Gasteiger partial charge in [-0.3, -0.25) is 9.78 Å². The minimum Gasteiger partial charge on any atom is -0.371 e. The summed E-state index contributed by atoms with van der Waals surface area (Å²) >= 11 is 3.33. The Morgan fingerprint density at radius 2 is 2.25 bits per heavy atom. The highest BCUT2D eigenvalue weighted by Crippen LogP contribution is 2.19. The van der Waals surface area contributed by atoms with Gasteiger partial charge in [0.25, 0.3) is 0 Å². The predicted molar refractivity (Wildman–Crippen MR) is 66.4 cm³/mol. The number of carbonyl (C=O) groups is 1. The zero-order valence-corrected chi connectivity index (χ0v) is 11.4. The van der Waals surface area contributed by atoms with Crippen LogP contribution in [-0.4, -0.2) is 23.5 Å². The van der Waals surface area contributed by atoms with E-state index in [2.05, 4.69) is 20.9 Å². The van der Waals surface area contributed by atoms with Crippen LogP contribution in [0.1, 0.15) is 25.8 Å². The lowest BCUT2D eigenvalue weighted by molar-refractivity contribution is -0.138. The molecular formula is C12H16BrNO2. The molecule has 88 valence electrons. The summed E-state index contributed by atoms with van der Waals surface area (Å²) in [7, 11) is 1.57. The van der Waals surface area contributed by atoms with Gasteiger partial charge in [0, 0.05) is 30.4 Å². The van der Waals surface area contributed by atoms with E-state index in [-0.39, 0.29) is 5.78 Å². The van der Waals surface area contributed by atoms with Crippen molar-refractivity contribution in [1.82, 2.24) is 4.98 Å². The normalized spacial score (nSPS) is 14.5. The summed E-state index contributed by atoms with van der Waals surface area (Å²) < 4.78 is 6.15. The second-order valence-corrected chi connectivity index (χ2v) is 4.82. The zero-order valence-electron chi connectivity index (χ0n) is 9.79. The van der Waals surface area contributed by atoms with Crippen molar-refractivity contribution in [3.63, 3.8) is 0 Å². The highest BCUT2D eigenvalue weighted by molar-refractivity contribution is 9.10. The average Bonchev–Trinajstić information content (AvgIpc) is 2.28. The maximum absolute atomic E-state index is 12.0. The van der Waals surface area contributed by atoms with Gasteiger partial charge < -0.3 is 4.74 Å². The molecule has 0 saturated heterocycles. The first-order chi connectivity index (χ1) is 7.51. The summed E-state index contributed by atoms with van der Waals surface area (Å²) in [6, 6.07) is 1.90. The van der Waals surface area contributed by atoms with E-state index in [9.17, 15) is 4.79 Å². The SMILES string of the molecule is CCC(C)(OC)C(=O)Cc1cncc(Br)c1. The molecule has 0 saturated carbocycles. The third kappa shape index (κ3) is 3.12. The molecule has 1 heterocycles. The van der Waals surface area contributed by atoms with Crippen LogP contribution in [0, 0.1) is 0 Å². The number of Topliss-reactive ketones (excluding diaryl/α,β-unsaturated/α-hetero) is 1. The Balaban J connectivity index is 2.78. The van der Waals surface area contributed by atoms with E-state index in [0.717, 1.165) is 10.0 Å². The Kier molecular flexibility index (Phi) is 4.62. The molecule has 0 aliphatic carbocycles. The fourth-order valence-corrected chi connectivity index (χ4v) is 1.79. The molecule has 1 unspecified atom stereocenters. The fourth-order valence-electron chi connectivity index (χ4n) is 1.38. The standard InChI is InChI=1S/C12H16BrNO2/c1-4-12(2,16-3)11(15)6-9-5-10(13)8-14-7-9/h5,7-8H,4,6H2,1-3H3. The molecule has 1 aromatic heterocycles. The zero-order chi connectivity index (χ0) is 12.2. The summed E-state index contributed by atoms with van der Waals surface area (Å²) in [5, 5.41) is 0. The summed E-state index contributed by atoms with van der Waals surface area (Å²) in [4.78, 5) is 16.1. The van der Waals surface area contributed by atoms with Crippen molar-refractivity contribution in [3.05, 3.63) is 28.5 Å². The quantitative estimate of drug-likeness (QED) is 0.835. The molecule has 16 heavy (non-hydrogen) atoms. The van der Waals surface area contributed by atoms with Gasteiger partial charge in [0.2, 0.25) is 0 Å². The largest absolute Gasteiger partial charge is 0.371 e. The number of methoxy groups -OCH3 is 1. The van der Waals surface area contributed by atoms with Crippen molar-refractivity contribution < 1.29 is 9.53 Å². The minimum absolute atomic E-state index is 0.0809. The molecule has 0 aliphatic rings. The number of hydrogen-bond donors (Lipinski definition) is 0. The number of halogens is 1. The van der Waals surface area contributed by atoms with Crippen LogP contribution in [0.15, 0.2) is 22.9 Å². The molecule has 4 heteroatoms. The Morgan fingerprint density at radius 1 is 1.56 bits per heavy atom. The average molecular weight is 286 g/mol. The minimum atomic E-state index is -0.692. The summed E-state index contributed by atoms with van der Waals surface area (Å²) in [6.07, 6.45) is 4.42. The van der Waals surface area contributed by atoms with E-state index >= 15 is 0 Å². The maximum atomic E-state index is 12.0. The third-order valence-corrected chi connectivity index (χ3v) is 3.27. The van der Waals surface area contributed by atoms with Gasteiger partial charge in [0.15, 0.2) is 5.78 Å². The molecule has 0 bridgehead atoms. The van der Waals surface area contributed by atoms with Crippen LogP contribution in [0.3, 0.4) is 0 Å². The monoisotopic (exact) mass is 285 g/mol. The van der Waals surface area contributed by atoms with Crippen LogP contribution in [0.5, 0.6) is 0 Å². The van der Waals surface area contributed by atoms with Crippen molar-refractivity contribution in [2.45, 2.75) is 32.3 Å². The highest BCUT2D eigenvalue weighted by atomic mass is 79.9. The van der Waals surface area contributed by atoms with Gasteiger partial charge in [-0.1, -0.05) is 6.92 Å². The third-order valence-electron chi connectivity index (χ3n) is 2.84. The number of pyridine rings is 1. The Morgan fingerprint density at radius 3 is 2.75 bits per heavy atom. The van der Waals surface area contributed by atoms with E-state index in [1.807, 2.05) is 19.9 Å². The number of nitrogens with zero attached hydrogens (tertiary/aromatic N) is 1. The number of hydrogen-bond acceptors (Lipinski definition) is 3. The molecule has 0 aliphatic heterocycles. The van der Waals surface area contributed by atoms with Gasteiger partial charge in [-0.25, -0.2) is 0 Å². The van der Waals surface area contributed by atoms with Crippen LogP contribution < -0.4 is 0 Å². The van der Waals surface area contributed by atoms with Gasteiger partial charge in [0.05, 0.1) is 0 Å². The summed E-state index contributed by atoms with van der Waals surface area (Å²) in [5.41, 5.74) is 0.207. The van der Waals surface area contributed by atoms with Crippen molar-refractivity contribution in [2.24, 2.45) is 0 Å². The van der Waals surface area contributed by atoms with E-state index in [1.165, 1.54) is 0 Å². The van der Waals surface area contributed by atoms with Gasteiger partial charge in [0.1, 0.15) is 5.60 Å². The maximum Gasteiger partial charge on any atom is 0.168 e. The molecule has 1 atom stereocenters. The van der Waals surface area contributed by atoms with Crippen LogP contribution >= 0.6 is 15.9 Å². The molecule has 1 aromatic rings. The van der Waals surface area contributed by atoms with Crippen molar-refractivity contribution in [3.8, 4) is 0 Å². The summed E-state index contributed by atoms with van der Waals surface area (Å²) in [6.45, 7) is 3.77. The molecule has 0 radical (unpaired) electrons. The topological polar surface area (TPSA) is 39.2 Å². The highest BCUT2D eigenvalue weighted by Gasteiger charge is 2.30. The fraction of sp³-hybridized carbons (Fsp3) is 0.500. The molecule has 0 fully saturated rings. The first-order valence-corrected chi connectivity index (χ1v) is 5.99. The second-order valence-electron chi connectivity index (χ2n) is 3.90. The van der Waals surface area contributed by atoms with Gasteiger partial charge in [-0.15, -0.1) is 0 Å². The first-order valence-electron chi connectivity index (χ1n) is 5.19. The molecule has 0 spiro atoms. The van der Waals surface area contributed by atoms with Gasteiger partial charge >= 0.3 is 0 Å². The Bertz CT molecular complexity index is 375. The Hall–Kier alpha value is -0.740. The van der Waals surface area contributed by atoms with Crippen LogP contribution in [0.4, 0.5) is 0 Å². The lowest BCUT2D eigenvalue weighted by atomic mass is 9.93. The lowest BCUT2D eigenvalue weighted by Crippen LogP contribution is -2.37. The van der Waals surface area contributed by atoms with Crippen molar-refractivity contribution >= 4 is 21.7 Å². The smallest absolute Gasteiger partial charge is 0.168 e. The molecule has 0 amide bonds. The number of rotatable bonds is 5. The number of carbonyl (C=O) groups excluding carboxylic acids is 1.